The van der Waals surface area contributed by atoms with E-state index in [4.69, 9.17) is 14.6 Å². The van der Waals surface area contributed by atoms with Crippen LogP contribution in [0.15, 0.2) is 140 Å². The van der Waals surface area contributed by atoms with Crippen LogP contribution >= 0.6 is 0 Å². The molecule has 4 aliphatic heterocycles. The maximum atomic E-state index is 9.22. The van der Waals surface area contributed by atoms with Crippen molar-refractivity contribution in [1.29, 1.82) is 0 Å². The van der Waals surface area contributed by atoms with Crippen molar-refractivity contribution in [3.05, 3.63) is 140 Å². The first-order chi connectivity index (χ1) is 27.2. The number of aliphatic hydroxyl groups is 2. The molecule has 0 amide bonds. The van der Waals surface area contributed by atoms with Crippen molar-refractivity contribution < 1.29 is 19.7 Å². The molecule has 0 saturated carbocycles. The van der Waals surface area contributed by atoms with Gasteiger partial charge in [0.25, 0.3) is 0 Å². The average Bonchev–Trinajstić information content (AvgIpc) is 3.75. The van der Waals surface area contributed by atoms with E-state index >= 15 is 0 Å². The Labute approximate surface area is 321 Å². The van der Waals surface area contributed by atoms with E-state index < -0.39 is 0 Å². The van der Waals surface area contributed by atoms with Crippen molar-refractivity contribution in [3.63, 3.8) is 0 Å². The van der Waals surface area contributed by atoms with Gasteiger partial charge in [0, 0.05) is 43.1 Å². The molecule has 0 spiro atoms. The third-order valence-corrected chi connectivity index (χ3v) is 12.0. The molecular formula is C48H37B2NO4. The van der Waals surface area contributed by atoms with Crippen LogP contribution in [0.2, 0.25) is 0 Å². The van der Waals surface area contributed by atoms with E-state index in [9.17, 15) is 5.11 Å². The molecule has 0 bridgehead atoms. The number of aliphatic hydroxyl groups excluding tert-OH is 2. The van der Waals surface area contributed by atoms with Crippen molar-refractivity contribution in [1.82, 2.24) is 0 Å². The van der Waals surface area contributed by atoms with Crippen LogP contribution in [-0.4, -0.2) is 50.1 Å². The molecule has 264 valence electrons. The minimum atomic E-state index is 0.122. The first kappa shape index (κ1) is 32.4. The van der Waals surface area contributed by atoms with Gasteiger partial charge in [-0.2, -0.15) is 0 Å². The second-order valence-corrected chi connectivity index (χ2v) is 15.0. The highest BCUT2D eigenvalue weighted by Crippen LogP contribution is 2.45. The Hall–Kier alpha value is -6.01. The van der Waals surface area contributed by atoms with Gasteiger partial charge in [-0.3, -0.25) is 0 Å². The third kappa shape index (κ3) is 4.90. The number of para-hydroxylation sites is 1. The quantitative estimate of drug-likeness (QED) is 0.142. The SMILES string of the molecule is OCCCOc1ccc(-c2ccc3c(c2)-c2cccc4c2B3c2cccc3c2N4c2cc(-c4ccc(OCCCO)cc4)cc4c2B3c2ccccc2-4)cc1. The van der Waals surface area contributed by atoms with E-state index in [1.54, 1.807) is 0 Å². The summed E-state index contributed by atoms with van der Waals surface area (Å²) in [6.45, 7) is 1.55. The fourth-order valence-electron chi connectivity index (χ4n) is 9.65. The number of rotatable bonds is 10. The van der Waals surface area contributed by atoms with Gasteiger partial charge in [-0.1, -0.05) is 102 Å². The van der Waals surface area contributed by atoms with Gasteiger partial charge in [-0.15, -0.1) is 0 Å². The fraction of sp³-hybridized carbons (Fsp3) is 0.125. The predicted octanol–water partition coefficient (Wildman–Crippen LogP) is 5.63. The summed E-state index contributed by atoms with van der Waals surface area (Å²) in [5, 5.41) is 18.4. The van der Waals surface area contributed by atoms with Gasteiger partial charge in [0.15, 0.2) is 0 Å². The Morgan fingerprint density at radius 3 is 1.67 bits per heavy atom. The standard InChI is InChI=1S/C48H37B2NO4/c52-23-5-25-54-34-18-13-30(14-19-34)32-17-22-41-38(27-32)37-8-3-12-44-46(37)50(41)43-11-4-10-42-48(43)51(44)45-29-33(31-15-20-35(21-16-31)55-26-6-24-53)28-39-36-7-1-2-9-40(36)49(42)47(39)45/h1-4,7-22,27-29,52-53H,5-6,23-26H2. The molecule has 7 heteroatoms. The molecular weight excluding hydrogens is 676 g/mol. The smallest absolute Gasteiger partial charge is 0.248 e. The third-order valence-electron chi connectivity index (χ3n) is 12.0. The van der Waals surface area contributed by atoms with Gasteiger partial charge < -0.3 is 24.6 Å². The maximum absolute atomic E-state index is 9.22. The molecule has 4 aliphatic rings. The van der Waals surface area contributed by atoms with Gasteiger partial charge in [0.1, 0.15) is 11.5 Å². The lowest BCUT2D eigenvalue weighted by Crippen LogP contribution is -2.62. The first-order valence-electron chi connectivity index (χ1n) is 19.4. The van der Waals surface area contributed by atoms with Crippen LogP contribution in [0, 0.1) is 0 Å². The van der Waals surface area contributed by atoms with Gasteiger partial charge in [0.05, 0.1) is 13.2 Å². The van der Waals surface area contributed by atoms with E-state index in [0.29, 0.717) is 26.1 Å². The number of anilines is 3. The molecule has 11 rings (SSSR count). The summed E-state index contributed by atoms with van der Waals surface area (Å²) in [4.78, 5) is 2.58. The summed E-state index contributed by atoms with van der Waals surface area (Å²) in [5.74, 6) is 1.63. The first-order valence-corrected chi connectivity index (χ1v) is 19.4. The Balaban J connectivity index is 1.07. The lowest BCUT2D eigenvalue weighted by molar-refractivity contribution is 0.233. The van der Waals surface area contributed by atoms with Crippen molar-refractivity contribution in [2.24, 2.45) is 0 Å². The molecule has 4 heterocycles. The molecule has 7 aromatic carbocycles. The average molecular weight is 713 g/mol. The number of benzene rings is 7. The number of nitrogens with zero attached hydrogens (tertiary/aromatic N) is 1. The molecule has 55 heavy (non-hydrogen) atoms. The van der Waals surface area contributed by atoms with Gasteiger partial charge in [-0.05, 0) is 115 Å². The van der Waals surface area contributed by atoms with Crippen LogP contribution in [0.25, 0.3) is 44.5 Å². The van der Waals surface area contributed by atoms with Crippen LogP contribution in [-0.2, 0) is 0 Å². The molecule has 7 aromatic rings. The van der Waals surface area contributed by atoms with Crippen molar-refractivity contribution in [2.45, 2.75) is 12.8 Å². The summed E-state index contributed by atoms with van der Waals surface area (Å²) in [5.41, 5.74) is 21.9. The lowest BCUT2D eigenvalue weighted by Gasteiger charge is -2.42. The molecule has 0 aromatic heterocycles. The highest BCUT2D eigenvalue weighted by Gasteiger charge is 2.49. The van der Waals surface area contributed by atoms with Crippen LogP contribution in [0.5, 0.6) is 11.5 Å². The minimum Gasteiger partial charge on any atom is -0.494 e. The fourth-order valence-corrected chi connectivity index (χ4v) is 9.65. The van der Waals surface area contributed by atoms with E-state index in [-0.39, 0.29) is 26.6 Å². The second kappa shape index (κ2) is 12.8. The van der Waals surface area contributed by atoms with Crippen molar-refractivity contribution in [3.8, 4) is 56.0 Å². The number of hydrogen-bond donors (Lipinski definition) is 2. The molecule has 0 unspecified atom stereocenters. The summed E-state index contributed by atoms with van der Waals surface area (Å²) in [6.07, 6.45) is 1.24. The topological polar surface area (TPSA) is 62.2 Å². The Morgan fingerprint density at radius 1 is 0.436 bits per heavy atom. The molecule has 0 saturated heterocycles. The summed E-state index contributed by atoms with van der Waals surface area (Å²) in [6, 6.07) is 51.4. The number of ether oxygens (including phenoxy) is 2. The number of fused-ring (bicyclic) bond motifs is 10. The zero-order chi connectivity index (χ0) is 36.6. The minimum absolute atomic E-state index is 0.122. The molecule has 5 nitrogen and oxygen atoms in total. The van der Waals surface area contributed by atoms with Crippen molar-refractivity contribution in [2.75, 3.05) is 31.3 Å². The molecule has 0 radical (unpaired) electrons. The van der Waals surface area contributed by atoms with Gasteiger partial charge in [0.2, 0.25) is 13.4 Å². The monoisotopic (exact) mass is 713 g/mol. The Kier molecular flexibility index (Phi) is 7.55. The number of hydrogen-bond acceptors (Lipinski definition) is 5. The Bertz CT molecular complexity index is 2660. The van der Waals surface area contributed by atoms with Gasteiger partial charge >= 0.3 is 0 Å². The van der Waals surface area contributed by atoms with Crippen LogP contribution < -0.4 is 47.2 Å². The second-order valence-electron chi connectivity index (χ2n) is 15.0. The Morgan fingerprint density at radius 2 is 0.982 bits per heavy atom. The predicted molar refractivity (Wildman–Crippen MR) is 227 cm³/mol. The highest BCUT2D eigenvalue weighted by molar-refractivity contribution is 7.05. The van der Waals surface area contributed by atoms with E-state index in [0.717, 1.165) is 22.6 Å². The van der Waals surface area contributed by atoms with Crippen molar-refractivity contribution >= 4 is 63.3 Å². The summed E-state index contributed by atoms with van der Waals surface area (Å²) >= 11 is 0. The lowest BCUT2D eigenvalue weighted by atomic mass is 9.32. The van der Waals surface area contributed by atoms with E-state index in [1.807, 2.05) is 24.3 Å². The highest BCUT2D eigenvalue weighted by atomic mass is 16.5. The van der Waals surface area contributed by atoms with Gasteiger partial charge in [-0.25, -0.2) is 0 Å². The largest absolute Gasteiger partial charge is 0.494 e. The molecule has 2 N–H and O–H groups in total. The van der Waals surface area contributed by atoms with Crippen LogP contribution in [0.1, 0.15) is 12.8 Å². The zero-order valence-electron chi connectivity index (χ0n) is 30.3. The van der Waals surface area contributed by atoms with Crippen LogP contribution in [0.3, 0.4) is 0 Å². The van der Waals surface area contributed by atoms with Crippen LogP contribution in [0.4, 0.5) is 17.1 Å². The van der Waals surface area contributed by atoms with E-state index in [2.05, 4.69) is 120 Å². The van der Waals surface area contributed by atoms with E-state index in [1.165, 1.54) is 83.2 Å². The molecule has 0 atom stereocenters. The molecule has 0 aliphatic carbocycles. The zero-order valence-corrected chi connectivity index (χ0v) is 30.3. The maximum Gasteiger partial charge on any atom is 0.248 e. The summed E-state index contributed by atoms with van der Waals surface area (Å²) < 4.78 is 11.7. The normalized spacial score (nSPS) is 13.2. The summed E-state index contributed by atoms with van der Waals surface area (Å²) in [7, 11) is 0. The molecule has 0 fully saturated rings.